The first-order valence-corrected chi connectivity index (χ1v) is 7.34. The summed E-state index contributed by atoms with van der Waals surface area (Å²) in [6.07, 6.45) is 3.46. The minimum Gasteiger partial charge on any atom is -0.370 e. The highest BCUT2D eigenvalue weighted by Gasteiger charge is 2.39. The standard InChI is InChI=1S/C16H22ClN3/c1-12(2)10-19-15(18)20-11-16(8-5-9-16)13-6-3-4-7-14(13)17/h3-4,6-7H,1,5,8-11H2,2H3,(H3,18,19,20). The van der Waals surface area contributed by atoms with E-state index in [0.29, 0.717) is 19.0 Å². The van der Waals surface area contributed by atoms with E-state index in [1.807, 2.05) is 25.1 Å². The van der Waals surface area contributed by atoms with Crippen molar-refractivity contribution >= 4 is 17.6 Å². The lowest BCUT2D eigenvalue weighted by Gasteiger charge is -2.41. The van der Waals surface area contributed by atoms with Crippen molar-refractivity contribution in [3.8, 4) is 0 Å². The van der Waals surface area contributed by atoms with E-state index in [-0.39, 0.29) is 5.41 Å². The first-order valence-electron chi connectivity index (χ1n) is 6.97. The Morgan fingerprint density at radius 1 is 1.45 bits per heavy atom. The third kappa shape index (κ3) is 3.34. The van der Waals surface area contributed by atoms with Gasteiger partial charge in [-0.1, -0.05) is 48.4 Å². The topological polar surface area (TPSA) is 50.4 Å². The van der Waals surface area contributed by atoms with Crippen molar-refractivity contribution in [2.45, 2.75) is 31.6 Å². The molecular weight excluding hydrogens is 270 g/mol. The second-order valence-electron chi connectivity index (χ2n) is 5.63. The van der Waals surface area contributed by atoms with Crippen molar-refractivity contribution in [3.05, 3.63) is 47.0 Å². The van der Waals surface area contributed by atoms with Crippen LogP contribution in [0.2, 0.25) is 5.02 Å². The number of aliphatic imine (C=N–C) groups is 1. The Morgan fingerprint density at radius 3 is 2.70 bits per heavy atom. The molecule has 1 aliphatic rings. The van der Waals surface area contributed by atoms with E-state index in [1.165, 1.54) is 12.0 Å². The number of hydrogen-bond donors (Lipinski definition) is 2. The monoisotopic (exact) mass is 291 g/mol. The number of guanidine groups is 1. The Hall–Kier alpha value is -1.48. The lowest BCUT2D eigenvalue weighted by Crippen LogP contribution is -2.40. The highest BCUT2D eigenvalue weighted by molar-refractivity contribution is 6.31. The normalized spacial score (nSPS) is 17.4. The van der Waals surface area contributed by atoms with Crippen LogP contribution < -0.4 is 11.1 Å². The average Bonchev–Trinajstić information content (AvgIpc) is 2.37. The van der Waals surface area contributed by atoms with Crippen LogP contribution in [0.1, 0.15) is 31.7 Å². The minimum atomic E-state index is 0.0634. The van der Waals surface area contributed by atoms with Gasteiger partial charge in [0.15, 0.2) is 5.96 Å². The maximum Gasteiger partial charge on any atom is 0.188 e. The Kier molecular flexibility index (Phi) is 4.71. The molecule has 1 saturated carbocycles. The summed E-state index contributed by atoms with van der Waals surface area (Å²) in [6, 6.07) is 8.05. The molecule has 1 aliphatic carbocycles. The van der Waals surface area contributed by atoms with Crippen LogP contribution >= 0.6 is 11.6 Å². The predicted octanol–water partition coefficient (Wildman–Crippen LogP) is 3.24. The number of hydrogen-bond acceptors (Lipinski definition) is 1. The van der Waals surface area contributed by atoms with Gasteiger partial charge < -0.3 is 11.1 Å². The van der Waals surface area contributed by atoms with Crippen LogP contribution in [-0.2, 0) is 5.41 Å². The van der Waals surface area contributed by atoms with E-state index in [9.17, 15) is 0 Å². The maximum absolute atomic E-state index is 6.33. The summed E-state index contributed by atoms with van der Waals surface area (Å²) < 4.78 is 0. The molecular formula is C16H22ClN3. The Bertz CT molecular complexity index is 518. The van der Waals surface area contributed by atoms with Gasteiger partial charge in [0.2, 0.25) is 0 Å². The predicted molar refractivity (Wildman–Crippen MR) is 86.3 cm³/mol. The molecule has 0 heterocycles. The molecule has 0 spiro atoms. The number of nitrogens with two attached hydrogens (primary N) is 1. The number of halogens is 1. The Balaban J connectivity index is 2.07. The quantitative estimate of drug-likeness (QED) is 0.497. The smallest absolute Gasteiger partial charge is 0.188 e. The number of nitrogens with zero attached hydrogens (tertiary/aromatic N) is 1. The molecule has 1 fully saturated rings. The van der Waals surface area contributed by atoms with Gasteiger partial charge in [-0.15, -0.1) is 0 Å². The van der Waals surface area contributed by atoms with E-state index in [4.69, 9.17) is 17.3 Å². The molecule has 1 aromatic rings. The molecule has 0 radical (unpaired) electrons. The molecule has 3 N–H and O–H groups in total. The molecule has 108 valence electrons. The molecule has 0 saturated heterocycles. The van der Waals surface area contributed by atoms with Gasteiger partial charge in [0.1, 0.15) is 0 Å². The second kappa shape index (κ2) is 6.31. The van der Waals surface area contributed by atoms with Crippen LogP contribution in [0.15, 0.2) is 41.4 Å². The molecule has 0 aliphatic heterocycles. The molecule has 2 rings (SSSR count). The highest BCUT2D eigenvalue weighted by Crippen LogP contribution is 2.46. The van der Waals surface area contributed by atoms with E-state index in [2.05, 4.69) is 23.0 Å². The van der Waals surface area contributed by atoms with E-state index < -0.39 is 0 Å². The molecule has 20 heavy (non-hydrogen) atoms. The molecule has 1 aromatic carbocycles. The minimum absolute atomic E-state index is 0.0634. The number of nitrogens with one attached hydrogen (secondary N) is 1. The van der Waals surface area contributed by atoms with E-state index >= 15 is 0 Å². The van der Waals surface area contributed by atoms with Crippen molar-refractivity contribution in [2.75, 3.05) is 13.1 Å². The number of benzene rings is 1. The summed E-state index contributed by atoms with van der Waals surface area (Å²) in [4.78, 5) is 4.49. The molecule has 4 heteroatoms. The van der Waals surface area contributed by atoms with Gasteiger partial charge in [0, 0.05) is 17.0 Å². The zero-order valence-corrected chi connectivity index (χ0v) is 12.7. The lowest BCUT2D eigenvalue weighted by atomic mass is 9.64. The summed E-state index contributed by atoms with van der Waals surface area (Å²) in [6.45, 7) is 7.14. The van der Waals surface area contributed by atoms with Crippen LogP contribution in [0.3, 0.4) is 0 Å². The molecule has 0 aromatic heterocycles. The summed E-state index contributed by atoms with van der Waals surface area (Å²) in [7, 11) is 0. The lowest BCUT2D eigenvalue weighted by molar-refractivity contribution is 0.254. The van der Waals surface area contributed by atoms with Gasteiger partial charge >= 0.3 is 0 Å². The van der Waals surface area contributed by atoms with Gasteiger partial charge in [-0.2, -0.15) is 0 Å². The number of rotatable bonds is 5. The van der Waals surface area contributed by atoms with Crippen LogP contribution in [0.25, 0.3) is 0 Å². The summed E-state index contributed by atoms with van der Waals surface area (Å²) >= 11 is 6.33. The first kappa shape index (κ1) is 14.9. The van der Waals surface area contributed by atoms with Crippen molar-refractivity contribution in [2.24, 2.45) is 10.7 Å². The molecule has 0 bridgehead atoms. The summed E-state index contributed by atoms with van der Waals surface area (Å²) in [5.41, 5.74) is 8.19. The molecule has 0 unspecified atom stereocenters. The molecule has 3 nitrogen and oxygen atoms in total. The fraction of sp³-hybridized carbons (Fsp3) is 0.438. The van der Waals surface area contributed by atoms with Gasteiger partial charge in [-0.05, 0) is 31.4 Å². The fourth-order valence-electron chi connectivity index (χ4n) is 2.54. The summed E-state index contributed by atoms with van der Waals surface area (Å²) in [5, 5.41) is 3.89. The van der Waals surface area contributed by atoms with E-state index in [0.717, 1.165) is 23.4 Å². The van der Waals surface area contributed by atoms with Gasteiger partial charge in [-0.25, -0.2) is 0 Å². The van der Waals surface area contributed by atoms with Crippen LogP contribution in [0, 0.1) is 0 Å². The zero-order chi connectivity index (χ0) is 14.6. The van der Waals surface area contributed by atoms with Crippen molar-refractivity contribution in [3.63, 3.8) is 0 Å². The fourth-order valence-corrected chi connectivity index (χ4v) is 2.88. The molecule has 0 atom stereocenters. The highest BCUT2D eigenvalue weighted by atomic mass is 35.5. The van der Waals surface area contributed by atoms with Gasteiger partial charge in [-0.3, -0.25) is 4.99 Å². The molecule has 0 amide bonds. The van der Waals surface area contributed by atoms with Gasteiger partial charge in [0.05, 0.1) is 6.54 Å². The maximum atomic E-state index is 6.33. The van der Waals surface area contributed by atoms with Crippen LogP contribution in [0.5, 0.6) is 0 Å². The third-order valence-corrected chi connectivity index (χ3v) is 4.21. The third-order valence-electron chi connectivity index (χ3n) is 3.88. The zero-order valence-electron chi connectivity index (χ0n) is 12.0. The largest absolute Gasteiger partial charge is 0.370 e. The first-order chi connectivity index (χ1) is 9.53. The Labute approximate surface area is 125 Å². The van der Waals surface area contributed by atoms with Crippen molar-refractivity contribution < 1.29 is 0 Å². The second-order valence-corrected chi connectivity index (χ2v) is 6.03. The Morgan fingerprint density at radius 2 is 2.15 bits per heavy atom. The SMILES string of the molecule is C=C(C)CNC(N)=NCC1(c2ccccc2Cl)CCC1. The van der Waals surface area contributed by atoms with Crippen LogP contribution in [-0.4, -0.2) is 19.0 Å². The van der Waals surface area contributed by atoms with Crippen molar-refractivity contribution in [1.82, 2.24) is 5.32 Å². The van der Waals surface area contributed by atoms with Gasteiger partial charge in [0.25, 0.3) is 0 Å². The summed E-state index contributed by atoms with van der Waals surface area (Å²) in [5.74, 6) is 0.478. The van der Waals surface area contributed by atoms with Crippen LogP contribution in [0.4, 0.5) is 0 Å². The van der Waals surface area contributed by atoms with E-state index in [1.54, 1.807) is 0 Å². The van der Waals surface area contributed by atoms with Crippen molar-refractivity contribution in [1.29, 1.82) is 0 Å². The average molecular weight is 292 g/mol.